The monoisotopic (exact) mass is 283 g/mol. The van der Waals surface area contributed by atoms with Gasteiger partial charge in [-0.3, -0.25) is 4.79 Å². The van der Waals surface area contributed by atoms with Crippen LogP contribution in [0.15, 0.2) is 6.07 Å². The van der Waals surface area contributed by atoms with Crippen molar-refractivity contribution in [3.8, 4) is 0 Å². The first kappa shape index (κ1) is 12.6. The summed E-state index contributed by atoms with van der Waals surface area (Å²) in [6, 6.07) is 1.88. The van der Waals surface area contributed by atoms with Crippen molar-refractivity contribution in [3.63, 3.8) is 0 Å². The predicted octanol–water partition coefficient (Wildman–Crippen LogP) is 1.88. The highest BCUT2D eigenvalue weighted by atomic mass is 32.1. The number of rotatable bonds is 2. The van der Waals surface area contributed by atoms with E-state index in [4.69, 9.17) is 5.11 Å². The number of hydrogen-bond acceptors (Lipinski definition) is 3. The standard InChI is InChI=1S/C13H14FNO3S/c14-13(12(17)18)4-5-15(7-13)11(16)10-6-8-2-1-3-9(8)19-10/h6H,1-5,7H2,(H,17,18). The first-order valence-corrected chi connectivity index (χ1v) is 7.14. The fraction of sp³-hybridized carbons (Fsp3) is 0.538. The van der Waals surface area contributed by atoms with Gasteiger partial charge in [-0.25, -0.2) is 9.18 Å². The smallest absolute Gasteiger partial charge is 0.343 e. The van der Waals surface area contributed by atoms with Crippen molar-refractivity contribution in [2.45, 2.75) is 31.4 Å². The Balaban J connectivity index is 1.76. The summed E-state index contributed by atoms with van der Waals surface area (Å²) in [5.41, 5.74) is -1.06. The number of carbonyl (C=O) groups excluding carboxylic acids is 1. The number of amides is 1. The van der Waals surface area contributed by atoms with Gasteiger partial charge in [0.15, 0.2) is 0 Å². The zero-order valence-electron chi connectivity index (χ0n) is 10.3. The van der Waals surface area contributed by atoms with Crippen LogP contribution in [0, 0.1) is 0 Å². The molecule has 0 saturated carbocycles. The van der Waals surface area contributed by atoms with E-state index >= 15 is 0 Å². The Hall–Kier alpha value is -1.43. The van der Waals surface area contributed by atoms with Crippen LogP contribution in [-0.4, -0.2) is 40.6 Å². The van der Waals surface area contributed by atoms with Gasteiger partial charge >= 0.3 is 5.97 Å². The SMILES string of the molecule is O=C(c1cc2c(s1)CCC2)N1CCC(F)(C(=O)O)C1. The van der Waals surface area contributed by atoms with Gasteiger partial charge in [0, 0.05) is 17.8 Å². The molecule has 102 valence electrons. The summed E-state index contributed by atoms with van der Waals surface area (Å²) in [6.07, 6.45) is 3.02. The van der Waals surface area contributed by atoms with E-state index < -0.39 is 11.6 Å². The first-order valence-electron chi connectivity index (χ1n) is 6.33. The van der Waals surface area contributed by atoms with Gasteiger partial charge in [0.1, 0.15) is 0 Å². The lowest BCUT2D eigenvalue weighted by atomic mass is 10.1. The van der Waals surface area contributed by atoms with E-state index in [1.165, 1.54) is 26.7 Å². The van der Waals surface area contributed by atoms with Crippen molar-refractivity contribution >= 4 is 23.2 Å². The fourth-order valence-corrected chi connectivity index (χ4v) is 3.93. The Kier molecular flexibility index (Phi) is 2.85. The molecule has 0 spiro atoms. The largest absolute Gasteiger partial charge is 0.479 e. The number of hydrogen-bond donors (Lipinski definition) is 1. The van der Waals surface area contributed by atoms with E-state index in [2.05, 4.69) is 0 Å². The number of nitrogens with zero attached hydrogens (tertiary/aromatic N) is 1. The number of carboxylic acids is 1. The number of aliphatic carboxylic acids is 1. The number of carbonyl (C=O) groups is 2. The molecule has 2 aliphatic rings. The van der Waals surface area contributed by atoms with Crippen LogP contribution in [0.25, 0.3) is 0 Å². The maximum atomic E-state index is 13.9. The van der Waals surface area contributed by atoms with E-state index in [-0.39, 0.29) is 25.4 Å². The molecule has 0 radical (unpaired) electrons. The molecule has 1 saturated heterocycles. The minimum Gasteiger partial charge on any atom is -0.479 e. The molecule has 0 bridgehead atoms. The molecule has 19 heavy (non-hydrogen) atoms. The molecule has 1 aromatic rings. The first-order chi connectivity index (χ1) is 8.99. The van der Waals surface area contributed by atoms with Gasteiger partial charge in [-0.2, -0.15) is 0 Å². The quantitative estimate of drug-likeness (QED) is 0.901. The Labute approximate surface area is 113 Å². The van der Waals surface area contributed by atoms with E-state index in [9.17, 15) is 14.0 Å². The average Bonchev–Trinajstić information content (AvgIpc) is 3.01. The molecule has 0 aromatic carbocycles. The van der Waals surface area contributed by atoms with Crippen molar-refractivity contribution in [2.24, 2.45) is 0 Å². The third-order valence-electron chi connectivity index (χ3n) is 3.85. The number of fused-ring (bicyclic) bond motifs is 1. The maximum Gasteiger partial charge on any atom is 0.343 e. The molecule has 4 nitrogen and oxygen atoms in total. The number of aryl methyl sites for hydroxylation is 2. The van der Waals surface area contributed by atoms with Crippen LogP contribution in [-0.2, 0) is 17.6 Å². The highest BCUT2D eigenvalue weighted by Crippen LogP contribution is 2.33. The number of thiophene rings is 1. The summed E-state index contributed by atoms with van der Waals surface area (Å²) in [7, 11) is 0. The van der Waals surface area contributed by atoms with E-state index in [0.717, 1.165) is 19.3 Å². The molecule has 1 aliphatic heterocycles. The molecule has 1 amide bonds. The average molecular weight is 283 g/mol. The van der Waals surface area contributed by atoms with Gasteiger partial charge in [0.25, 0.3) is 5.91 Å². The predicted molar refractivity (Wildman–Crippen MR) is 68.3 cm³/mol. The van der Waals surface area contributed by atoms with Gasteiger partial charge in [0.2, 0.25) is 5.67 Å². The van der Waals surface area contributed by atoms with Crippen molar-refractivity contribution < 1.29 is 19.1 Å². The molecule has 3 rings (SSSR count). The molecular weight excluding hydrogens is 269 g/mol. The molecular formula is C13H14FNO3S. The van der Waals surface area contributed by atoms with Crippen molar-refractivity contribution in [3.05, 3.63) is 21.4 Å². The summed E-state index contributed by atoms with van der Waals surface area (Å²) in [5, 5.41) is 8.83. The molecule has 1 N–H and O–H groups in total. The van der Waals surface area contributed by atoms with Crippen LogP contribution in [0.3, 0.4) is 0 Å². The van der Waals surface area contributed by atoms with Crippen LogP contribution in [0.4, 0.5) is 4.39 Å². The summed E-state index contributed by atoms with van der Waals surface area (Å²) in [5.74, 6) is -1.71. The Morgan fingerprint density at radius 2 is 2.21 bits per heavy atom. The second kappa shape index (κ2) is 4.30. The van der Waals surface area contributed by atoms with E-state index in [1.54, 1.807) is 0 Å². The number of carboxylic acid groups (broad SMARTS) is 1. The minimum atomic E-state index is -2.28. The Bertz CT molecular complexity index is 535. The normalized spacial score (nSPS) is 25.6. The van der Waals surface area contributed by atoms with Gasteiger partial charge in [-0.1, -0.05) is 0 Å². The van der Waals surface area contributed by atoms with Crippen LogP contribution in [0.5, 0.6) is 0 Å². The van der Waals surface area contributed by atoms with Gasteiger partial charge in [0.05, 0.1) is 11.4 Å². The van der Waals surface area contributed by atoms with Crippen molar-refractivity contribution in [1.82, 2.24) is 4.90 Å². The third kappa shape index (κ3) is 2.04. The van der Waals surface area contributed by atoms with Crippen molar-refractivity contribution in [1.29, 1.82) is 0 Å². The minimum absolute atomic E-state index is 0.126. The second-order valence-electron chi connectivity index (χ2n) is 5.16. The van der Waals surface area contributed by atoms with Crippen LogP contribution in [0.2, 0.25) is 0 Å². The summed E-state index contributed by atoms with van der Waals surface area (Å²) >= 11 is 1.46. The molecule has 6 heteroatoms. The van der Waals surface area contributed by atoms with E-state index in [1.807, 2.05) is 6.07 Å². The van der Waals surface area contributed by atoms with Gasteiger partial charge in [-0.05, 0) is 30.9 Å². The van der Waals surface area contributed by atoms with Crippen molar-refractivity contribution in [2.75, 3.05) is 13.1 Å². The van der Waals surface area contributed by atoms with E-state index in [0.29, 0.717) is 4.88 Å². The Morgan fingerprint density at radius 1 is 1.42 bits per heavy atom. The number of alkyl halides is 1. The Morgan fingerprint density at radius 3 is 2.84 bits per heavy atom. The van der Waals surface area contributed by atoms with Crippen LogP contribution >= 0.6 is 11.3 Å². The zero-order chi connectivity index (χ0) is 13.6. The topological polar surface area (TPSA) is 57.6 Å². The summed E-state index contributed by atoms with van der Waals surface area (Å²) < 4.78 is 13.9. The van der Waals surface area contributed by atoms with Crippen LogP contribution in [0.1, 0.15) is 33.0 Å². The molecule has 1 atom stereocenters. The van der Waals surface area contributed by atoms with Gasteiger partial charge < -0.3 is 10.0 Å². The lowest BCUT2D eigenvalue weighted by Gasteiger charge is -2.16. The summed E-state index contributed by atoms with van der Waals surface area (Å²) in [4.78, 5) is 26.2. The molecule has 1 fully saturated rings. The molecule has 2 heterocycles. The number of likely N-dealkylation sites (tertiary alicyclic amines) is 1. The highest BCUT2D eigenvalue weighted by Gasteiger charge is 2.47. The van der Waals surface area contributed by atoms with Crippen LogP contribution < -0.4 is 0 Å². The molecule has 1 unspecified atom stereocenters. The molecule has 1 aliphatic carbocycles. The third-order valence-corrected chi connectivity index (χ3v) is 5.07. The lowest BCUT2D eigenvalue weighted by molar-refractivity contribution is -0.149. The second-order valence-corrected chi connectivity index (χ2v) is 6.30. The van der Waals surface area contributed by atoms with Gasteiger partial charge in [-0.15, -0.1) is 11.3 Å². The maximum absolute atomic E-state index is 13.9. The molecule has 1 aromatic heterocycles. The summed E-state index contributed by atoms with van der Waals surface area (Å²) in [6.45, 7) is -0.173. The highest BCUT2D eigenvalue weighted by molar-refractivity contribution is 7.14. The fourth-order valence-electron chi connectivity index (χ4n) is 2.71. The number of halogens is 1. The lowest BCUT2D eigenvalue weighted by Crippen LogP contribution is -2.38. The zero-order valence-corrected chi connectivity index (χ0v) is 11.1.